The topological polar surface area (TPSA) is 21.3 Å². The van der Waals surface area contributed by atoms with Crippen molar-refractivity contribution in [3.63, 3.8) is 0 Å². The first-order valence-electron chi connectivity index (χ1n) is 5.02. The van der Waals surface area contributed by atoms with Crippen LogP contribution < -0.4 is 5.32 Å². The van der Waals surface area contributed by atoms with Gasteiger partial charge >= 0.3 is 0 Å². The number of aryl methyl sites for hydroxylation is 1. The largest absolute Gasteiger partial charge is 0.377 e. The molecule has 0 saturated carbocycles. The minimum absolute atomic E-state index is 0.212. The van der Waals surface area contributed by atoms with E-state index in [-0.39, 0.29) is 6.10 Å². The standard InChI is InChI=1S/C12H19NO/c1-10-6-4-5-7-11(10)12(14-3)8-9-13-2/h4-7,12-13H,8-9H2,1-3H3. The normalized spacial score (nSPS) is 12.8. The molecular weight excluding hydrogens is 174 g/mol. The Morgan fingerprint density at radius 3 is 2.64 bits per heavy atom. The van der Waals surface area contributed by atoms with Crippen molar-refractivity contribution in [2.45, 2.75) is 19.4 Å². The third-order valence-corrected chi connectivity index (χ3v) is 2.48. The van der Waals surface area contributed by atoms with Crippen LogP contribution in [0.15, 0.2) is 24.3 Å². The molecule has 0 fully saturated rings. The summed E-state index contributed by atoms with van der Waals surface area (Å²) < 4.78 is 5.48. The summed E-state index contributed by atoms with van der Waals surface area (Å²) >= 11 is 0. The van der Waals surface area contributed by atoms with Crippen molar-refractivity contribution in [3.8, 4) is 0 Å². The van der Waals surface area contributed by atoms with E-state index in [0.29, 0.717) is 0 Å². The molecule has 0 aliphatic rings. The van der Waals surface area contributed by atoms with Gasteiger partial charge in [0.1, 0.15) is 0 Å². The Bertz CT molecular complexity index is 273. The first-order chi connectivity index (χ1) is 6.79. The molecule has 0 bridgehead atoms. The predicted octanol–water partition coefficient (Wildman–Crippen LogP) is 2.29. The summed E-state index contributed by atoms with van der Waals surface area (Å²) in [6.07, 6.45) is 1.22. The minimum Gasteiger partial charge on any atom is -0.377 e. The van der Waals surface area contributed by atoms with E-state index in [9.17, 15) is 0 Å². The van der Waals surface area contributed by atoms with E-state index in [1.165, 1.54) is 11.1 Å². The third-order valence-electron chi connectivity index (χ3n) is 2.48. The smallest absolute Gasteiger partial charge is 0.0835 e. The van der Waals surface area contributed by atoms with E-state index >= 15 is 0 Å². The van der Waals surface area contributed by atoms with Crippen molar-refractivity contribution in [2.24, 2.45) is 0 Å². The van der Waals surface area contributed by atoms with Crippen molar-refractivity contribution < 1.29 is 4.74 Å². The number of benzene rings is 1. The number of rotatable bonds is 5. The SMILES string of the molecule is CNCCC(OC)c1ccccc1C. The van der Waals surface area contributed by atoms with Gasteiger partial charge in [0.2, 0.25) is 0 Å². The number of ether oxygens (including phenoxy) is 1. The Kier molecular flexibility index (Phi) is 4.63. The monoisotopic (exact) mass is 193 g/mol. The van der Waals surface area contributed by atoms with Crippen LogP contribution in [0.2, 0.25) is 0 Å². The lowest BCUT2D eigenvalue weighted by Crippen LogP contribution is -2.14. The highest BCUT2D eigenvalue weighted by atomic mass is 16.5. The molecule has 14 heavy (non-hydrogen) atoms. The Morgan fingerprint density at radius 2 is 2.07 bits per heavy atom. The first-order valence-corrected chi connectivity index (χ1v) is 5.02. The lowest BCUT2D eigenvalue weighted by molar-refractivity contribution is 0.0956. The average molecular weight is 193 g/mol. The van der Waals surface area contributed by atoms with E-state index in [0.717, 1.165) is 13.0 Å². The minimum atomic E-state index is 0.212. The van der Waals surface area contributed by atoms with Crippen molar-refractivity contribution >= 4 is 0 Å². The lowest BCUT2D eigenvalue weighted by atomic mass is 10.0. The Labute approximate surface area is 86.3 Å². The highest BCUT2D eigenvalue weighted by Gasteiger charge is 2.11. The summed E-state index contributed by atoms with van der Waals surface area (Å²) in [4.78, 5) is 0. The molecule has 2 nitrogen and oxygen atoms in total. The molecule has 2 heteroatoms. The molecule has 0 radical (unpaired) electrons. The number of hydrogen-bond donors (Lipinski definition) is 1. The van der Waals surface area contributed by atoms with Crippen LogP contribution >= 0.6 is 0 Å². The summed E-state index contributed by atoms with van der Waals surface area (Å²) in [6, 6.07) is 8.39. The second kappa shape index (κ2) is 5.78. The van der Waals surface area contributed by atoms with Gasteiger partial charge in [-0.1, -0.05) is 24.3 Å². The van der Waals surface area contributed by atoms with Crippen LogP contribution in [0.5, 0.6) is 0 Å². The van der Waals surface area contributed by atoms with E-state index in [2.05, 4.69) is 36.5 Å². The van der Waals surface area contributed by atoms with E-state index in [1.807, 2.05) is 7.05 Å². The quantitative estimate of drug-likeness (QED) is 0.774. The molecule has 0 spiro atoms. The van der Waals surface area contributed by atoms with Crippen molar-refractivity contribution in [2.75, 3.05) is 20.7 Å². The van der Waals surface area contributed by atoms with Crippen molar-refractivity contribution in [3.05, 3.63) is 35.4 Å². The van der Waals surface area contributed by atoms with Gasteiger partial charge in [-0.3, -0.25) is 0 Å². The van der Waals surface area contributed by atoms with Gasteiger partial charge in [0, 0.05) is 7.11 Å². The molecule has 0 amide bonds. The van der Waals surface area contributed by atoms with E-state index < -0.39 is 0 Å². The Morgan fingerprint density at radius 1 is 1.36 bits per heavy atom. The number of nitrogens with one attached hydrogen (secondary N) is 1. The molecular formula is C12H19NO. The van der Waals surface area contributed by atoms with E-state index in [4.69, 9.17) is 4.74 Å². The molecule has 1 atom stereocenters. The summed E-state index contributed by atoms with van der Waals surface area (Å²) in [6.45, 7) is 3.10. The van der Waals surface area contributed by atoms with Gasteiger partial charge in [-0.25, -0.2) is 0 Å². The van der Waals surface area contributed by atoms with Crippen LogP contribution in [0.25, 0.3) is 0 Å². The maximum Gasteiger partial charge on any atom is 0.0835 e. The molecule has 0 saturated heterocycles. The third kappa shape index (κ3) is 2.82. The molecule has 1 rings (SSSR count). The zero-order valence-corrected chi connectivity index (χ0v) is 9.21. The van der Waals surface area contributed by atoms with Gasteiger partial charge in [0.25, 0.3) is 0 Å². The Balaban J connectivity index is 2.73. The van der Waals surface area contributed by atoms with Gasteiger partial charge in [0.05, 0.1) is 6.10 Å². The molecule has 0 aliphatic heterocycles. The van der Waals surface area contributed by atoms with E-state index in [1.54, 1.807) is 7.11 Å². The fourth-order valence-corrected chi connectivity index (χ4v) is 1.62. The summed E-state index contributed by atoms with van der Waals surface area (Å²) in [5.41, 5.74) is 2.60. The van der Waals surface area contributed by atoms with Crippen LogP contribution in [0, 0.1) is 6.92 Å². The Hall–Kier alpha value is -0.860. The zero-order valence-electron chi connectivity index (χ0n) is 9.21. The highest BCUT2D eigenvalue weighted by Crippen LogP contribution is 2.22. The maximum atomic E-state index is 5.48. The number of hydrogen-bond acceptors (Lipinski definition) is 2. The molecule has 1 N–H and O–H groups in total. The summed E-state index contributed by atoms with van der Waals surface area (Å²) in [5, 5.41) is 3.14. The summed E-state index contributed by atoms with van der Waals surface area (Å²) in [5.74, 6) is 0. The van der Waals surface area contributed by atoms with Crippen LogP contribution in [0.4, 0.5) is 0 Å². The van der Waals surface area contributed by atoms with Gasteiger partial charge < -0.3 is 10.1 Å². The molecule has 1 aromatic carbocycles. The molecule has 0 heterocycles. The van der Waals surface area contributed by atoms with Crippen LogP contribution in [-0.4, -0.2) is 20.7 Å². The van der Waals surface area contributed by atoms with Gasteiger partial charge in [-0.05, 0) is 38.1 Å². The lowest BCUT2D eigenvalue weighted by Gasteiger charge is -2.17. The first kappa shape index (κ1) is 11.2. The molecule has 78 valence electrons. The average Bonchev–Trinajstić information content (AvgIpc) is 2.21. The van der Waals surface area contributed by atoms with Gasteiger partial charge in [-0.15, -0.1) is 0 Å². The van der Waals surface area contributed by atoms with Crippen LogP contribution in [0.3, 0.4) is 0 Å². The van der Waals surface area contributed by atoms with Crippen LogP contribution in [-0.2, 0) is 4.74 Å². The van der Waals surface area contributed by atoms with Gasteiger partial charge in [0.15, 0.2) is 0 Å². The molecule has 0 aliphatic carbocycles. The fourth-order valence-electron chi connectivity index (χ4n) is 1.62. The molecule has 1 unspecified atom stereocenters. The second-order valence-corrected chi connectivity index (χ2v) is 3.47. The maximum absolute atomic E-state index is 5.48. The number of methoxy groups -OCH3 is 1. The van der Waals surface area contributed by atoms with Gasteiger partial charge in [-0.2, -0.15) is 0 Å². The van der Waals surface area contributed by atoms with Crippen molar-refractivity contribution in [1.82, 2.24) is 5.32 Å². The van der Waals surface area contributed by atoms with Crippen LogP contribution in [0.1, 0.15) is 23.7 Å². The van der Waals surface area contributed by atoms with Crippen molar-refractivity contribution in [1.29, 1.82) is 0 Å². The zero-order chi connectivity index (χ0) is 10.4. The fraction of sp³-hybridized carbons (Fsp3) is 0.500. The highest BCUT2D eigenvalue weighted by molar-refractivity contribution is 5.27. The molecule has 0 aromatic heterocycles. The summed E-state index contributed by atoms with van der Waals surface area (Å²) in [7, 11) is 3.73. The molecule has 1 aromatic rings. The predicted molar refractivity (Wildman–Crippen MR) is 59.5 cm³/mol. The second-order valence-electron chi connectivity index (χ2n) is 3.47.